The van der Waals surface area contributed by atoms with Gasteiger partial charge in [-0.1, -0.05) is 17.7 Å². The van der Waals surface area contributed by atoms with Crippen LogP contribution >= 0.6 is 11.6 Å². The predicted molar refractivity (Wildman–Crippen MR) is 81.6 cm³/mol. The van der Waals surface area contributed by atoms with Crippen LogP contribution in [-0.2, 0) is 6.54 Å². The molecule has 2 nitrogen and oxygen atoms in total. The SMILES string of the molecule is CC(C)N(C)c1cc(Cl)ccc1CNC(C)(C)C. The Morgan fingerprint density at radius 1 is 1.28 bits per heavy atom. The molecule has 0 saturated heterocycles. The molecule has 0 saturated carbocycles. The van der Waals surface area contributed by atoms with Gasteiger partial charge >= 0.3 is 0 Å². The van der Waals surface area contributed by atoms with Crippen LogP contribution in [0, 0.1) is 0 Å². The first kappa shape index (κ1) is 15.3. The van der Waals surface area contributed by atoms with E-state index in [1.165, 1.54) is 11.3 Å². The Labute approximate surface area is 116 Å². The molecule has 0 aromatic heterocycles. The zero-order valence-electron chi connectivity index (χ0n) is 12.3. The molecule has 0 aliphatic heterocycles. The molecule has 3 heteroatoms. The van der Waals surface area contributed by atoms with E-state index >= 15 is 0 Å². The normalized spacial score (nSPS) is 12.0. The second-order valence-electron chi connectivity index (χ2n) is 6.08. The number of nitrogens with zero attached hydrogens (tertiary/aromatic N) is 1. The first-order valence-electron chi connectivity index (χ1n) is 6.47. The Hall–Kier alpha value is -0.730. The Morgan fingerprint density at radius 3 is 2.39 bits per heavy atom. The van der Waals surface area contributed by atoms with E-state index in [1.54, 1.807) is 0 Å². The van der Waals surface area contributed by atoms with E-state index in [0.717, 1.165) is 11.6 Å². The third-order valence-corrected chi connectivity index (χ3v) is 3.25. The van der Waals surface area contributed by atoms with Gasteiger partial charge in [0.25, 0.3) is 0 Å². The quantitative estimate of drug-likeness (QED) is 0.885. The average Bonchev–Trinajstić information content (AvgIpc) is 2.25. The Morgan fingerprint density at radius 2 is 1.89 bits per heavy atom. The van der Waals surface area contributed by atoms with Gasteiger partial charge in [-0.3, -0.25) is 0 Å². The van der Waals surface area contributed by atoms with Gasteiger partial charge in [-0.2, -0.15) is 0 Å². The highest BCUT2D eigenvalue weighted by atomic mass is 35.5. The lowest BCUT2D eigenvalue weighted by Crippen LogP contribution is -2.36. The van der Waals surface area contributed by atoms with Crippen molar-refractivity contribution in [1.82, 2.24) is 5.32 Å². The Bertz CT molecular complexity index is 394. The van der Waals surface area contributed by atoms with Gasteiger partial charge in [0.05, 0.1) is 0 Å². The number of hydrogen-bond acceptors (Lipinski definition) is 2. The third kappa shape index (κ3) is 4.51. The lowest BCUT2D eigenvalue weighted by atomic mass is 10.1. The van der Waals surface area contributed by atoms with Crippen LogP contribution in [-0.4, -0.2) is 18.6 Å². The number of hydrogen-bond donors (Lipinski definition) is 1. The second kappa shape index (κ2) is 5.94. The number of halogens is 1. The monoisotopic (exact) mass is 268 g/mol. The summed E-state index contributed by atoms with van der Waals surface area (Å²) in [6.07, 6.45) is 0. The van der Waals surface area contributed by atoms with Gasteiger partial charge in [-0.05, 0) is 52.3 Å². The van der Waals surface area contributed by atoms with Crippen molar-refractivity contribution in [1.29, 1.82) is 0 Å². The summed E-state index contributed by atoms with van der Waals surface area (Å²) in [5.74, 6) is 0. The lowest BCUT2D eigenvalue weighted by Gasteiger charge is -2.28. The van der Waals surface area contributed by atoms with Gasteiger partial charge in [-0.25, -0.2) is 0 Å². The molecule has 0 atom stereocenters. The largest absolute Gasteiger partial charge is 0.372 e. The van der Waals surface area contributed by atoms with Crippen LogP contribution < -0.4 is 10.2 Å². The molecule has 0 fully saturated rings. The predicted octanol–water partition coefficient (Wildman–Crippen LogP) is 4.07. The van der Waals surface area contributed by atoms with Gasteiger partial charge in [-0.15, -0.1) is 0 Å². The van der Waals surface area contributed by atoms with Crippen LogP contribution in [0.15, 0.2) is 18.2 Å². The summed E-state index contributed by atoms with van der Waals surface area (Å²) in [5.41, 5.74) is 2.60. The molecular weight excluding hydrogens is 244 g/mol. The zero-order valence-corrected chi connectivity index (χ0v) is 13.1. The van der Waals surface area contributed by atoms with Gasteiger partial charge in [0.1, 0.15) is 0 Å². The number of benzene rings is 1. The molecule has 0 spiro atoms. The summed E-state index contributed by atoms with van der Waals surface area (Å²) in [5, 5.41) is 4.31. The maximum atomic E-state index is 6.11. The second-order valence-corrected chi connectivity index (χ2v) is 6.52. The number of rotatable bonds is 4. The fourth-order valence-corrected chi connectivity index (χ4v) is 1.82. The standard InChI is InChI=1S/C15H25ClN2/c1-11(2)18(6)14-9-13(16)8-7-12(14)10-17-15(3,4)5/h7-9,11,17H,10H2,1-6H3. The molecule has 0 radical (unpaired) electrons. The Kier molecular flexibility index (Phi) is 5.06. The van der Waals surface area contributed by atoms with E-state index in [2.05, 4.69) is 57.9 Å². The first-order valence-corrected chi connectivity index (χ1v) is 6.85. The summed E-state index contributed by atoms with van der Waals surface area (Å²) in [4.78, 5) is 2.26. The molecule has 1 aromatic carbocycles. The summed E-state index contributed by atoms with van der Waals surface area (Å²) in [6, 6.07) is 6.56. The maximum Gasteiger partial charge on any atom is 0.0426 e. The fourth-order valence-electron chi connectivity index (χ4n) is 1.65. The van der Waals surface area contributed by atoms with Crippen LogP contribution in [0.3, 0.4) is 0 Å². The highest BCUT2D eigenvalue weighted by molar-refractivity contribution is 6.30. The molecular formula is C15H25ClN2. The van der Waals surface area contributed by atoms with E-state index in [1.807, 2.05) is 12.1 Å². The molecule has 0 unspecified atom stereocenters. The molecule has 0 heterocycles. The topological polar surface area (TPSA) is 15.3 Å². The molecule has 1 aromatic rings. The van der Waals surface area contributed by atoms with Crippen molar-refractivity contribution in [2.75, 3.05) is 11.9 Å². The van der Waals surface area contributed by atoms with Gasteiger partial charge in [0, 0.05) is 35.9 Å². The lowest BCUT2D eigenvalue weighted by molar-refractivity contribution is 0.424. The van der Waals surface area contributed by atoms with Crippen LogP contribution in [0.2, 0.25) is 5.02 Å². The van der Waals surface area contributed by atoms with Gasteiger partial charge < -0.3 is 10.2 Å². The summed E-state index contributed by atoms with van der Waals surface area (Å²) in [6.45, 7) is 11.7. The van der Waals surface area contributed by atoms with Gasteiger partial charge in [0.15, 0.2) is 0 Å². The molecule has 102 valence electrons. The van der Waals surface area contributed by atoms with E-state index in [9.17, 15) is 0 Å². The molecule has 1 N–H and O–H groups in total. The van der Waals surface area contributed by atoms with Crippen molar-refractivity contribution in [2.24, 2.45) is 0 Å². The van der Waals surface area contributed by atoms with Gasteiger partial charge in [0.2, 0.25) is 0 Å². The molecule has 0 aliphatic carbocycles. The average molecular weight is 269 g/mol. The number of anilines is 1. The number of nitrogens with one attached hydrogen (secondary N) is 1. The molecule has 0 amide bonds. The minimum Gasteiger partial charge on any atom is -0.372 e. The third-order valence-electron chi connectivity index (χ3n) is 3.01. The zero-order chi connectivity index (χ0) is 13.9. The van der Waals surface area contributed by atoms with Crippen LogP contribution in [0.25, 0.3) is 0 Å². The van der Waals surface area contributed by atoms with E-state index in [-0.39, 0.29) is 5.54 Å². The van der Waals surface area contributed by atoms with Crippen molar-refractivity contribution in [3.63, 3.8) is 0 Å². The summed E-state index contributed by atoms with van der Waals surface area (Å²) >= 11 is 6.11. The van der Waals surface area contributed by atoms with E-state index in [4.69, 9.17) is 11.6 Å². The molecule has 0 bridgehead atoms. The molecule has 0 aliphatic rings. The van der Waals surface area contributed by atoms with Crippen LogP contribution in [0.1, 0.15) is 40.2 Å². The highest BCUT2D eigenvalue weighted by Gasteiger charge is 2.14. The van der Waals surface area contributed by atoms with E-state index < -0.39 is 0 Å². The minimum absolute atomic E-state index is 0.118. The van der Waals surface area contributed by atoms with E-state index in [0.29, 0.717) is 6.04 Å². The smallest absolute Gasteiger partial charge is 0.0426 e. The van der Waals surface area contributed by atoms with Crippen LogP contribution in [0.5, 0.6) is 0 Å². The fraction of sp³-hybridized carbons (Fsp3) is 0.600. The molecule has 18 heavy (non-hydrogen) atoms. The van der Waals surface area contributed by atoms with Crippen molar-refractivity contribution >= 4 is 17.3 Å². The summed E-state index contributed by atoms with van der Waals surface area (Å²) in [7, 11) is 2.11. The highest BCUT2D eigenvalue weighted by Crippen LogP contribution is 2.26. The first-order chi connectivity index (χ1) is 8.20. The van der Waals surface area contributed by atoms with Crippen molar-refractivity contribution < 1.29 is 0 Å². The van der Waals surface area contributed by atoms with Crippen molar-refractivity contribution in [3.8, 4) is 0 Å². The van der Waals surface area contributed by atoms with Crippen LogP contribution in [0.4, 0.5) is 5.69 Å². The maximum absolute atomic E-state index is 6.11. The minimum atomic E-state index is 0.118. The van der Waals surface area contributed by atoms with Crippen molar-refractivity contribution in [3.05, 3.63) is 28.8 Å². The summed E-state index contributed by atoms with van der Waals surface area (Å²) < 4.78 is 0. The Balaban J connectivity index is 2.96. The molecule has 1 rings (SSSR count). The van der Waals surface area contributed by atoms with Crippen molar-refractivity contribution in [2.45, 2.75) is 52.7 Å².